The number of fused-ring (bicyclic) bond motifs is 1. The summed E-state index contributed by atoms with van der Waals surface area (Å²) in [5.41, 5.74) is 1.11. The van der Waals surface area contributed by atoms with Crippen molar-refractivity contribution >= 4 is 21.6 Å². The number of aromatic nitrogens is 2. The minimum Gasteiger partial charge on any atom is -0.438 e. The van der Waals surface area contributed by atoms with Crippen LogP contribution in [0.15, 0.2) is 24.3 Å². The van der Waals surface area contributed by atoms with Crippen molar-refractivity contribution < 1.29 is 9.13 Å². The van der Waals surface area contributed by atoms with E-state index in [-0.39, 0.29) is 5.82 Å². The third kappa shape index (κ3) is 2.25. The average molecular weight is 288 g/mol. The molecule has 102 valence electrons. The molecule has 0 atom stereocenters. The van der Waals surface area contributed by atoms with Gasteiger partial charge in [-0.15, -0.1) is 11.3 Å². The summed E-state index contributed by atoms with van der Waals surface area (Å²) in [6, 6.07) is 6.05. The first kappa shape index (κ1) is 13.0. The van der Waals surface area contributed by atoms with Gasteiger partial charge in [0, 0.05) is 10.9 Å². The van der Waals surface area contributed by atoms with Crippen LogP contribution in [0.4, 0.5) is 4.39 Å². The first-order valence-corrected chi connectivity index (χ1v) is 7.04. The fraction of sp³-hybridized carbons (Fsp3) is 0.200. The molecule has 3 aromatic rings. The highest BCUT2D eigenvalue weighted by Crippen LogP contribution is 2.36. The van der Waals surface area contributed by atoms with E-state index in [0.717, 1.165) is 15.8 Å². The molecule has 0 saturated heterocycles. The van der Waals surface area contributed by atoms with Gasteiger partial charge in [-0.05, 0) is 38.5 Å². The van der Waals surface area contributed by atoms with Crippen molar-refractivity contribution in [2.75, 3.05) is 0 Å². The third-order valence-electron chi connectivity index (χ3n) is 3.12. The highest BCUT2D eigenvalue weighted by atomic mass is 32.1. The first-order chi connectivity index (χ1) is 9.54. The number of benzene rings is 1. The van der Waals surface area contributed by atoms with Gasteiger partial charge in [0.05, 0.1) is 5.39 Å². The van der Waals surface area contributed by atoms with Crippen LogP contribution in [0, 0.1) is 26.6 Å². The Kier molecular flexibility index (Phi) is 3.14. The van der Waals surface area contributed by atoms with Gasteiger partial charge in [0.25, 0.3) is 0 Å². The van der Waals surface area contributed by atoms with Gasteiger partial charge in [0.1, 0.15) is 22.2 Å². The summed E-state index contributed by atoms with van der Waals surface area (Å²) in [5, 5.41) is 0.905. The maximum absolute atomic E-state index is 13.2. The van der Waals surface area contributed by atoms with Crippen LogP contribution in [0.25, 0.3) is 10.2 Å². The van der Waals surface area contributed by atoms with Gasteiger partial charge in [-0.3, -0.25) is 0 Å². The lowest BCUT2D eigenvalue weighted by molar-refractivity contribution is 0.461. The average Bonchev–Trinajstić information content (AvgIpc) is 2.64. The van der Waals surface area contributed by atoms with Crippen LogP contribution in [0.2, 0.25) is 0 Å². The van der Waals surface area contributed by atoms with Crippen LogP contribution in [-0.2, 0) is 0 Å². The van der Waals surface area contributed by atoms with Crippen LogP contribution < -0.4 is 4.74 Å². The van der Waals surface area contributed by atoms with Crippen LogP contribution in [-0.4, -0.2) is 9.97 Å². The second-order valence-electron chi connectivity index (χ2n) is 4.60. The van der Waals surface area contributed by atoms with Crippen molar-refractivity contribution in [3.8, 4) is 11.6 Å². The summed E-state index contributed by atoms with van der Waals surface area (Å²) >= 11 is 1.62. The molecule has 0 amide bonds. The molecule has 3 rings (SSSR count). The minimum absolute atomic E-state index is 0.331. The summed E-state index contributed by atoms with van der Waals surface area (Å²) in [7, 11) is 0. The van der Waals surface area contributed by atoms with E-state index < -0.39 is 0 Å². The zero-order valence-electron chi connectivity index (χ0n) is 11.4. The van der Waals surface area contributed by atoms with Gasteiger partial charge in [0.15, 0.2) is 0 Å². The number of nitrogens with zero attached hydrogens (tertiary/aromatic N) is 2. The fourth-order valence-electron chi connectivity index (χ4n) is 2.03. The Morgan fingerprint density at radius 2 is 1.95 bits per heavy atom. The molecule has 0 spiro atoms. The molecular weight excluding hydrogens is 275 g/mol. The molecular formula is C15H13FN2OS. The van der Waals surface area contributed by atoms with Gasteiger partial charge in [-0.25, -0.2) is 9.37 Å². The molecule has 1 aromatic carbocycles. The van der Waals surface area contributed by atoms with Crippen molar-refractivity contribution in [3.05, 3.63) is 46.3 Å². The lowest BCUT2D eigenvalue weighted by atomic mass is 10.2. The van der Waals surface area contributed by atoms with Crippen molar-refractivity contribution in [2.24, 2.45) is 0 Å². The summed E-state index contributed by atoms with van der Waals surface area (Å²) in [5.74, 6) is 1.24. The van der Waals surface area contributed by atoms with Gasteiger partial charge < -0.3 is 4.74 Å². The largest absolute Gasteiger partial charge is 0.438 e. The Morgan fingerprint density at radius 1 is 1.15 bits per heavy atom. The second-order valence-corrected chi connectivity index (χ2v) is 5.80. The third-order valence-corrected chi connectivity index (χ3v) is 4.22. The highest BCUT2D eigenvalue weighted by molar-refractivity contribution is 7.18. The summed E-state index contributed by atoms with van der Waals surface area (Å²) < 4.78 is 19.0. The smallest absolute Gasteiger partial charge is 0.231 e. The first-order valence-electron chi connectivity index (χ1n) is 6.22. The molecule has 0 aliphatic rings. The lowest BCUT2D eigenvalue weighted by Gasteiger charge is -2.07. The van der Waals surface area contributed by atoms with Crippen LogP contribution in [0.5, 0.6) is 11.6 Å². The number of hydrogen-bond donors (Lipinski definition) is 0. The molecule has 0 bridgehead atoms. The number of rotatable bonds is 2. The summed E-state index contributed by atoms with van der Waals surface area (Å²) in [4.78, 5) is 10.9. The highest BCUT2D eigenvalue weighted by Gasteiger charge is 2.15. The Hall–Kier alpha value is -2.01. The Balaban J connectivity index is 2.15. The topological polar surface area (TPSA) is 35.0 Å². The van der Waals surface area contributed by atoms with Gasteiger partial charge in [0.2, 0.25) is 5.88 Å². The van der Waals surface area contributed by atoms with E-state index in [4.69, 9.17) is 4.74 Å². The number of halogens is 1. The van der Waals surface area contributed by atoms with Crippen molar-refractivity contribution in [1.82, 2.24) is 9.97 Å². The number of thiophene rings is 1. The molecule has 0 aliphatic heterocycles. The van der Waals surface area contributed by atoms with Crippen molar-refractivity contribution in [2.45, 2.75) is 20.8 Å². The number of hydrogen-bond acceptors (Lipinski definition) is 4. The maximum atomic E-state index is 13.2. The van der Waals surface area contributed by atoms with Crippen molar-refractivity contribution in [1.29, 1.82) is 0 Å². The van der Waals surface area contributed by atoms with E-state index in [1.807, 2.05) is 20.8 Å². The SMILES string of the molecule is Cc1nc(Oc2cccc(F)c2)c2c(C)c(C)sc2n1. The summed E-state index contributed by atoms with van der Waals surface area (Å²) in [6.45, 7) is 5.89. The molecule has 5 heteroatoms. The van der Waals surface area contributed by atoms with E-state index in [0.29, 0.717) is 17.5 Å². The molecule has 0 aliphatic carbocycles. The normalized spacial score (nSPS) is 11.0. The maximum Gasteiger partial charge on any atom is 0.231 e. The second kappa shape index (κ2) is 4.83. The predicted octanol–water partition coefficient (Wildman–Crippen LogP) is 4.55. The Morgan fingerprint density at radius 3 is 2.70 bits per heavy atom. The van der Waals surface area contributed by atoms with Gasteiger partial charge >= 0.3 is 0 Å². The molecule has 0 unspecified atom stereocenters. The molecule has 2 aromatic heterocycles. The zero-order valence-corrected chi connectivity index (χ0v) is 12.2. The quantitative estimate of drug-likeness (QED) is 0.694. The standard InChI is InChI=1S/C15H13FN2OS/c1-8-9(2)20-15-13(8)14(17-10(3)18-15)19-12-6-4-5-11(16)7-12/h4-7H,1-3H3. The van der Waals surface area contributed by atoms with Gasteiger partial charge in [-0.1, -0.05) is 6.07 Å². The lowest BCUT2D eigenvalue weighted by Crippen LogP contribution is -1.94. The molecule has 3 nitrogen and oxygen atoms in total. The fourth-order valence-corrected chi connectivity index (χ4v) is 3.10. The minimum atomic E-state index is -0.331. The van der Waals surface area contributed by atoms with Crippen LogP contribution in [0.1, 0.15) is 16.3 Å². The van der Waals surface area contributed by atoms with E-state index >= 15 is 0 Å². The Labute approximate surface area is 120 Å². The Bertz CT molecular complexity index is 798. The van der Waals surface area contributed by atoms with Crippen LogP contribution in [0.3, 0.4) is 0 Å². The number of aryl methyl sites for hydroxylation is 3. The van der Waals surface area contributed by atoms with E-state index in [1.54, 1.807) is 23.5 Å². The van der Waals surface area contributed by atoms with Crippen LogP contribution >= 0.6 is 11.3 Å². The van der Waals surface area contributed by atoms with Crippen molar-refractivity contribution in [3.63, 3.8) is 0 Å². The monoisotopic (exact) mass is 288 g/mol. The molecule has 20 heavy (non-hydrogen) atoms. The summed E-state index contributed by atoms with van der Waals surface area (Å²) in [6.07, 6.45) is 0. The molecule has 0 radical (unpaired) electrons. The predicted molar refractivity (Wildman–Crippen MR) is 78.1 cm³/mol. The number of ether oxygens (including phenoxy) is 1. The molecule has 2 heterocycles. The zero-order chi connectivity index (χ0) is 14.3. The molecule has 0 N–H and O–H groups in total. The van der Waals surface area contributed by atoms with E-state index in [2.05, 4.69) is 9.97 Å². The van der Waals surface area contributed by atoms with Gasteiger partial charge in [-0.2, -0.15) is 4.98 Å². The van der Waals surface area contributed by atoms with E-state index in [9.17, 15) is 4.39 Å². The molecule has 0 fully saturated rings. The van der Waals surface area contributed by atoms with E-state index in [1.165, 1.54) is 17.0 Å². The molecule has 0 saturated carbocycles.